The lowest BCUT2D eigenvalue weighted by atomic mass is 9.95. The summed E-state index contributed by atoms with van der Waals surface area (Å²) in [5.41, 5.74) is 5.28. The average molecular weight is 383 g/mol. The molecule has 4 nitrogen and oxygen atoms in total. The van der Waals surface area contributed by atoms with Gasteiger partial charge in [-0.3, -0.25) is 4.90 Å². The van der Waals surface area contributed by atoms with Crippen LogP contribution in [0.4, 0.5) is 0 Å². The monoisotopic (exact) mass is 382 g/mol. The largest absolute Gasteiger partial charge is 0.396 e. The van der Waals surface area contributed by atoms with E-state index in [4.69, 9.17) is 4.74 Å². The Morgan fingerprint density at radius 2 is 1.68 bits per heavy atom. The van der Waals surface area contributed by atoms with Crippen molar-refractivity contribution in [1.29, 1.82) is 0 Å². The number of rotatable bonds is 9. The molecule has 0 amide bonds. The second kappa shape index (κ2) is 10.7. The Morgan fingerprint density at radius 3 is 2.36 bits per heavy atom. The molecule has 0 saturated carbocycles. The number of aliphatic hydroxyl groups excluding tert-OH is 1. The van der Waals surface area contributed by atoms with Crippen molar-refractivity contribution in [3.63, 3.8) is 0 Å². The van der Waals surface area contributed by atoms with E-state index in [1.165, 1.54) is 22.3 Å². The van der Waals surface area contributed by atoms with Crippen molar-refractivity contribution in [2.24, 2.45) is 5.92 Å². The van der Waals surface area contributed by atoms with Crippen LogP contribution in [0.15, 0.2) is 48.5 Å². The maximum absolute atomic E-state index is 9.97. The first kappa shape index (κ1) is 21.0. The van der Waals surface area contributed by atoms with Gasteiger partial charge in [0.1, 0.15) is 0 Å². The molecular formula is C24H34N2O2. The molecule has 2 unspecified atom stereocenters. The van der Waals surface area contributed by atoms with Crippen LogP contribution >= 0.6 is 0 Å². The van der Waals surface area contributed by atoms with Crippen molar-refractivity contribution in [2.75, 3.05) is 46.0 Å². The van der Waals surface area contributed by atoms with Crippen LogP contribution in [0.3, 0.4) is 0 Å². The molecule has 0 spiro atoms. The predicted molar refractivity (Wildman–Crippen MR) is 115 cm³/mol. The lowest BCUT2D eigenvalue weighted by Crippen LogP contribution is -2.43. The van der Waals surface area contributed by atoms with E-state index in [2.05, 4.69) is 72.6 Å². The van der Waals surface area contributed by atoms with Gasteiger partial charge >= 0.3 is 0 Å². The highest BCUT2D eigenvalue weighted by molar-refractivity contribution is 5.29. The summed E-state index contributed by atoms with van der Waals surface area (Å²) in [5.74, 6) is 0.206. The summed E-state index contributed by atoms with van der Waals surface area (Å²) in [4.78, 5) is 2.48. The number of benzene rings is 2. The Kier molecular flexibility index (Phi) is 8.04. The molecular weight excluding hydrogens is 348 g/mol. The molecule has 2 aromatic carbocycles. The molecule has 2 N–H and O–H groups in total. The second-order valence-corrected chi connectivity index (χ2v) is 7.91. The number of hydrogen-bond donors (Lipinski definition) is 2. The molecule has 28 heavy (non-hydrogen) atoms. The zero-order chi connectivity index (χ0) is 19.8. The highest BCUT2D eigenvalue weighted by Gasteiger charge is 2.21. The molecule has 1 aliphatic rings. The van der Waals surface area contributed by atoms with E-state index < -0.39 is 0 Å². The number of morpholine rings is 1. The topological polar surface area (TPSA) is 44.7 Å². The van der Waals surface area contributed by atoms with Gasteiger partial charge in [0.15, 0.2) is 0 Å². The summed E-state index contributed by atoms with van der Waals surface area (Å²) >= 11 is 0. The van der Waals surface area contributed by atoms with Crippen molar-refractivity contribution in [2.45, 2.75) is 26.3 Å². The molecule has 4 heteroatoms. The Hall–Kier alpha value is -1.72. The third-order valence-electron chi connectivity index (χ3n) is 5.79. The van der Waals surface area contributed by atoms with Crippen molar-refractivity contribution in [3.8, 4) is 0 Å². The van der Waals surface area contributed by atoms with Gasteiger partial charge in [-0.15, -0.1) is 0 Å². The summed E-state index contributed by atoms with van der Waals surface area (Å²) in [6.45, 7) is 9.88. The van der Waals surface area contributed by atoms with E-state index in [9.17, 15) is 5.11 Å². The standard InChI is InChI=1S/C24H34N2O2/c1-19-7-3-5-9-22(19)15-21(18-27)16-25-24(17-26-11-13-28-14-12-26)23-10-6-4-8-20(23)2/h3-10,21,24-25,27H,11-18H2,1-2H3. The minimum Gasteiger partial charge on any atom is -0.396 e. The molecule has 2 aromatic rings. The molecule has 1 aliphatic heterocycles. The maximum atomic E-state index is 9.97. The third-order valence-corrected chi connectivity index (χ3v) is 5.79. The molecule has 0 aromatic heterocycles. The highest BCUT2D eigenvalue weighted by Crippen LogP contribution is 2.20. The first-order valence-corrected chi connectivity index (χ1v) is 10.4. The zero-order valence-electron chi connectivity index (χ0n) is 17.2. The lowest BCUT2D eigenvalue weighted by molar-refractivity contribution is 0.0330. The lowest BCUT2D eigenvalue weighted by Gasteiger charge is -2.32. The third kappa shape index (κ3) is 5.89. The van der Waals surface area contributed by atoms with Crippen molar-refractivity contribution >= 4 is 0 Å². The number of hydrogen-bond acceptors (Lipinski definition) is 4. The van der Waals surface area contributed by atoms with Gasteiger partial charge in [-0.25, -0.2) is 0 Å². The van der Waals surface area contributed by atoms with Crippen molar-refractivity contribution < 1.29 is 9.84 Å². The normalized spacial score (nSPS) is 17.4. The van der Waals surface area contributed by atoms with Gasteiger partial charge in [-0.1, -0.05) is 48.5 Å². The van der Waals surface area contributed by atoms with E-state index >= 15 is 0 Å². The van der Waals surface area contributed by atoms with Gasteiger partial charge in [0.05, 0.1) is 13.2 Å². The van der Waals surface area contributed by atoms with E-state index in [0.717, 1.165) is 45.8 Å². The molecule has 1 heterocycles. The summed E-state index contributed by atoms with van der Waals surface area (Å²) in [6, 6.07) is 17.3. The molecule has 0 bridgehead atoms. The quantitative estimate of drug-likeness (QED) is 0.699. The molecule has 2 atom stereocenters. The van der Waals surface area contributed by atoms with Crippen molar-refractivity contribution in [1.82, 2.24) is 10.2 Å². The molecule has 0 aliphatic carbocycles. The Balaban J connectivity index is 1.67. The van der Waals surface area contributed by atoms with Gasteiger partial charge in [-0.05, 0) is 48.4 Å². The summed E-state index contributed by atoms with van der Waals surface area (Å²) in [5, 5.41) is 13.7. The number of aryl methyl sites for hydroxylation is 2. The summed E-state index contributed by atoms with van der Waals surface area (Å²) in [7, 11) is 0. The molecule has 0 radical (unpaired) electrons. The first-order chi connectivity index (χ1) is 13.7. The molecule has 1 fully saturated rings. The minimum absolute atomic E-state index is 0.194. The zero-order valence-corrected chi connectivity index (χ0v) is 17.2. The molecule has 3 rings (SSSR count). The highest BCUT2D eigenvalue weighted by atomic mass is 16.5. The van der Waals surface area contributed by atoms with Crippen LogP contribution in [-0.4, -0.2) is 56.0 Å². The number of ether oxygens (including phenoxy) is 1. The fourth-order valence-electron chi connectivity index (χ4n) is 3.95. The Morgan fingerprint density at radius 1 is 1.00 bits per heavy atom. The van der Waals surface area contributed by atoms with E-state index in [1.807, 2.05) is 0 Å². The fourth-order valence-corrected chi connectivity index (χ4v) is 3.95. The predicted octanol–water partition coefficient (Wildman–Crippen LogP) is 3.12. The van der Waals surface area contributed by atoms with E-state index in [1.54, 1.807) is 0 Å². The molecule has 152 valence electrons. The summed E-state index contributed by atoms with van der Waals surface area (Å²) in [6.07, 6.45) is 0.897. The van der Waals surface area contributed by atoms with E-state index in [0.29, 0.717) is 0 Å². The first-order valence-electron chi connectivity index (χ1n) is 10.4. The number of nitrogens with one attached hydrogen (secondary N) is 1. The van der Waals surface area contributed by atoms with Crippen LogP contribution in [-0.2, 0) is 11.2 Å². The van der Waals surface area contributed by atoms with Crippen LogP contribution < -0.4 is 5.32 Å². The SMILES string of the molecule is Cc1ccccc1CC(CO)CNC(CN1CCOCC1)c1ccccc1C. The van der Waals surface area contributed by atoms with Gasteiger partial charge in [0.2, 0.25) is 0 Å². The second-order valence-electron chi connectivity index (χ2n) is 7.91. The van der Waals surface area contributed by atoms with Crippen LogP contribution in [0.25, 0.3) is 0 Å². The minimum atomic E-state index is 0.194. The number of nitrogens with zero attached hydrogens (tertiary/aromatic N) is 1. The van der Waals surface area contributed by atoms with Gasteiger partial charge in [-0.2, -0.15) is 0 Å². The van der Waals surface area contributed by atoms with E-state index in [-0.39, 0.29) is 18.6 Å². The van der Waals surface area contributed by atoms with Crippen LogP contribution in [0, 0.1) is 19.8 Å². The van der Waals surface area contributed by atoms with Crippen molar-refractivity contribution in [3.05, 3.63) is 70.8 Å². The Bertz CT molecular complexity index is 728. The smallest absolute Gasteiger partial charge is 0.0594 e. The summed E-state index contributed by atoms with van der Waals surface area (Å²) < 4.78 is 5.51. The molecule has 1 saturated heterocycles. The van der Waals surface area contributed by atoms with Crippen LogP contribution in [0.5, 0.6) is 0 Å². The van der Waals surface area contributed by atoms with Crippen LogP contribution in [0.2, 0.25) is 0 Å². The van der Waals surface area contributed by atoms with Gasteiger partial charge in [0, 0.05) is 38.8 Å². The number of aliphatic hydroxyl groups is 1. The van der Waals surface area contributed by atoms with Crippen LogP contribution in [0.1, 0.15) is 28.3 Å². The van der Waals surface area contributed by atoms with Gasteiger partial charge < -0.3 is 15.2 Å². The van der Waals surface area contributed by atoms with Gasteiger partial charge in [0.25, 0.3) is 0 Å². The maximum Gasteiger partial charge on any atom is 0.0594 e. The average Bonchev–Trinajstić information content (AvgIpc) is 2.72. The Labute approximate surface area is 169 Å². The fraction of sp³-hybridized carbons (Fsp3) is 0.500.